The lowest BCUT2D eigenvalue weighted by Gasteiger charge is -2.34. The van der Waals surface area contributed by atoms with Crippen molar-refractivity contribution in [3.05, 3.63) is 23.2 Å². The molecule has 0 aliphatic carbocycles. The number of rotatable bonds is 4. The number of aromatic nitrogens is 1. The lowest BCUT2D eigenvalue weighted by molar-refractivity contribution is 0.157. The number of halogens is 1. The summed E-state index contributed by atoms with van der Waals surface area (Å²) in [5.41, 5.74) is 1.09. The van der Waals surface area contributed by atoms with Gasteiger partial charge in [0.25, 0.3) is 0 Å². The number of nitrogens with one attached hydrogen (secondary N) is 1. The maximum Gasteiger partial charge on any atom is 0.120 e. The van der Waals surface area contributed by atoms with E-state index in [4.69, 9.17) is 9.72 Å². The van der Waals surface area contributed by atoms with Crippen molar-refractivity contribution in [1.29, 1.82) is 0 Å². The SMILES string of the molecule is COc1ccc2nc(CN3CCC(C4CCCN4)CC3)sc2c1.Cl. The van der Waals surface area contributed by atoms with Crippen molar-refractivity contribution >= 4 is 34.0 Å². The number of fused-ring (bicyclic) bond motifs is 1. The van der Waals surface area contributed by atoms with Crippen LogP contribution >= 0.6 is 23.7 Å². The molecule has 0 amide bonds. The van der Waals surface area contributed by atoms with E-state index in [1.54, 1.807) is 18.4 Å². The topological polar surface area (TPSA) is 37.4 Å². The van der Waals surface area contributed by atoms with Crippen LogP contribution in [0, 0.1) is 5.92 Å². The van der Waals surface area contributed by atoms with Crippen LogP contribution in [0.5, 0.6) is 5.75 Å². The van der Waals surface area contributed by atoms with Crippen molar-refractivity contribution in [2.75, 3.05) is 26.7 Å². The monoisotopic (exact) mass is 367 g/mol. The summed E-state index contributed by atoms with van der Waals surface area (Å²) in [5.74, 6) is 1.80. The quantitative estimate of drug-likeness (QED) is 0.894. The van der Waals surface area contributed by atoms with Gasteiger partial charge in [-0.2, -0.15) is 0 Å². The van der Waals surface area contributed by atoms with Crippen LogP contribution < -0.4 is 10.1 Å². The molecule has 0 radical (unpaired) electrons. The molecular weight excluding hydrogens is 342 g/mol. The Morgan fingerprint density at radius 2 is 2.12 bits per heavy atom. The Balaban J connectivity index is 0.00000169. The van der Waals surface area contributed by atoms with E-state index in [-0.39, 0.29) is 12.4 Å². The summed E-state index contributed by atoms with van der Waals surface area (Å²) in [6.45, 7) is 4.64. The first kappa shape index (κ1) is 17.9. The highest BCUT2D eigenvalue weighted by molar-refractivity contribution is 7.18. The molecule has 1 N–H and O–H groups in total. The Labute approximate surface area is 154 Å². The van der Waals surface area contributed by atoms with Gasteiger partial charge >= 0.3 is 0 Å². The molecule has 24 heavy (non-hydrogen) atoms. The Bertz CT molecular complexity index is 663. The van der Waals surface area contributed by atoms with E-state index in [0.29, 0.717) is 0 Å². The molecule has 2 saturated heterocycles. The van der Waals surface area contributed by atoms with Crippen molar-refractivity contribution in [1.82, 2.24) is 15.2 Å². The Morgan fingerprint density at radius 1 is 1.29 bits per heavy atom. The van der Waals surface area contributed by atoms with E-state index in [9.17, 15) is 0 Å². The fourth-order valence-corrected chi connectivity index (χ4v) is 5.00. The second-order valence-electron chi connectivity index (χ2n) is 6.76. The second-order valence-corrected chi connectivity index (χ2v) is 7.87. The highest BCUT2D eigenvalue weighted by atomic mass is 35.5. The van der Waals surface area contributed by atoms with Gasteiger partial charge in [-0.3, -0.25) is 4.90 Å². The number of nitrogens with zero attached hydrogens (tertiary/aromatic N) is 2. The van der Waals surface area contributed by atoms with Crippen LogP contribution in [0.1, 0.15) is 30.7 Å². The van der Waals surface area contributed by atoms with E-state index >= 15 is 0 Å². The Hall–Kier alpha value is -0.880. The van der Waals surface area contributed by atoms with Gasteiger partial charge in [0.15, 0.2) is 0 Å². The molecule has 0 bridgehead atoms. The van der Waals surface area contributed by atoms with Crippen molar-refractivity contribution in [3.63, 3.8) is 0 Å². The fourth-order valence-electron chi connectivity index (χ4n) is 3.97. The van der Waals surface area contributed by atoms with Gasteiger partial charge in [-0.25, -0.2) is 4.98 Å². The molecule has 2 fully saturated rings. The van der Waals surface area contributed by atoms with E-state index in [2.05, 4.69) is 22.3 Å². The summed E-state index contributed by atoms with van der Waals surface area (Å²) >= 11 is 1.80. The minimum Gasteiger partial charge on any atom is -0.497 e. The standard InChI is InChI=1S/C18H25N3OS.ClH/c1-22-14-4-5-16-17(11-14)23-18(20-16)12-21-9-6-13(7-10-21)15-3-2-8-19-15;/h4-5,11,13,15,19H,2-3,6-10,12H2,1H3;1H. The van der Waals surface area contributed by atoms with Gasteiger partial charge in [0, 0.05) is 6.04 Å². The first-order chi connectivity index (χ1) is 11.3. The molecule has 1 aromatic carbocycles. The molecule has 2 aliphatic rings. The second kappa shape index (κ2) is 8.00. The molecular formula is C18H26ClN3OS. The molecule has 3 heterocycles. The van der Waals surface area contributed by atoms with Gasteiger partial charge < -0.3 is 10.1 Å². The van der Waals surface area contributed by atoms with Crippen molar-refractivity contribution < 1.29 is 4.74 Å². The van der Waals surface area contributed by atoms with Gasteiger partial charge in [-0.15, -0.1) is 23.7 Å². The first-order valence-electron chi connectivity index (χ1n) is 8.71. The van der Waals surface area contributed by atoms with Crippen LogP contribution in [0.15, 0.2) is 18.2 Å². The van der Waals surface area contributed by atoms with Gasteiger partial charge in [-0.05, 0) is 69.4 Å². The predicted octanol–water partition coefficient (Wildman–Crippen LogP) is 3.69. The molecule has 4 nitrogen and oxygen atoms in total. The molecule has 132 valence electrons. The third-order valence-corrected chi connectivity index (χ3v) is 6.30. The van der Waals surface area contributed by atoms with Crippen molar-refractivity contribution in [2.45, 2.75) is 38.3 Å². The van der Waals surface area contributed by atoms with Crippen LogP contribution in [0.25, 0.3) is 10.2 Å². The summed E-state index contributed by atoms with van der Waals surface area (Å²) in [7, 11) is 1.71. The fraction of sp³-hybridized carbons (Fsp3) is 0.611. The molecule has 0 saturated carbocycles. The number of ether oxygens (including phenoxy) is 1. The van der Waals surface area contributed by atoms with E-state index in [1.807, 2.05) is 6.07 Å². The van der Waals surface area contributed by atoms with Gasteiger partial charge in [-0.1, -0.05) is 0 Å². The highest BCUT2D eigenvalue weighted by Crippen LogP contribution is 2.29. The molecule has 1 aromatic heterocycles. The first-order valence-corrected chi connectivity index (χ1v) is 9.52. The van der Waals surface area contributed by atoms with Crippen LogP contribution in [0.3, 0.4) is 0 Å². The maximum absolute atomic E-state index is 5.30. The molecule has 6 heteroatoms. The van der Waals surface area contributed by atoms with Crippen LogP contribution in [0.2, 0.25) is 0 Å². The van der Waals surface area contributed by atoms with Crippen molar-refractivity contribution in [3.8, 4) is 5.75 Å². The van der Waals surface area contributed by atoms with Gasteiger partial charge in [0.05, 0.1) is 23.9 Å². The molecule has 2 aromatic rings. The largest absolute Gasteiger partial charge is 0.497 e. The zero-order valence-electron chi connectivity index (χ0n) is 14.2. The van der Waals surface area contributed by atoms with E-state index < -0.39 is 0 Å². The van der Waals surface area contributed by atoms with Gasteiger partial charge in [0.2, 0.25) is 0 Å². The molecule has 1 unspecified atom stereocenters. The predicted molar refractivity (Wildman–Crippen MR) is 102 cm³/mol. The van der Waals surface area contributed by atoms with Crippen LogP contribution in [-0.2, 0) is 6.54 Å². The number of likely N-dealkylation sites (tertiary alicyclic amines) is 1. The molecule has 2 aliphatic heterocycles. The van der Waals surface area contributed by atoms with E-state index in [0.717, 1.165) is 29.8 Å². The summed E-state index contributed by atoms with van der Waals surface area (Å²) in [5, 5.41) is 4.91. The number of methoxy groups -OCH3 is 1. The number of benzene rings is 1. The zero-order chi connectivity index (χ0) is 15.6. The summed E-state index contributed by atoms with van der Waals surface area (Å²) in [6, 6.07) is 6.93. The molecule has 4 rings (SSSR count). The van der Waals surface area contributed by atoms with Gasteiger partial charge in [0.1, 0.15) is 10.8 Å². The Kier molecular flexibility index (Phi) is 5.98. The summed E-state index contributed by atoms with van der Waals surface area (Å²) in [4.78, 5) is 7.36. The lowest BCUT2D eigenvalue weighted by Crippen LogP contribution is -2.40. The Morgan fingerprint density at radius 3 is 2.83 bits per heavy atom. The molecule has 1 atom stereocenters. The van der Waals surface area contributed by atoms with E-state index in [1.165, 1.54) is 55.0 Å². The summed E-state index contributed by atoms with van der Waals surface area (Å²) < 4.78 is 6.53. The van der Waals surface area contributed by atoms with Crippen LogP contribution in [-0.4, -0.2) is 42.7 Å². The van der Waals surface area contributed by atoms with Crippen molar-refractivity contribution in [2.24, 2.45) is 5.92 Å². The zero-order valence-corrected chi connectivity index (χ0v) is 15.8. The normalized spacial score (nSPS) is 22.6. The number of hydrogen-bond donors (Lipinski definition) is 1. The summed E-state index contributed by atoms with van der Waals surface area (Å²) in [6.07, 6.45) is 5.40. The average molecular weight is 368 g/mol. The number of hydrogen-bond acceptors (Lipinski definition) is 5. The highest BCUT2D eigenvalue weighted by Gasteiger charge is 2.28. The number of piperidine rings is 1. The average Bonchev–Trinajstić information content (AvgIpc) is 3.24. The third kappa shape index (κ3) is 3.85. The maximum atomic E-state index is 5.30. The minimum absolute atomic E-state index is 0. The number of thiazole rings is 1. The molecule has 0 spiro atoms. The smallest absolute Gasteiger partial charge is 0.120 e. The van der Waals surface area contributed by atoms with Crippen LogP contribution in [0.4, 0.5) is 0 Å². The lowest BCUT2D eigenvalue weighted by atomic mass is 9.88. The third-order valence-electron chi connectivity index (χ3n) is 5.30. The minimum atomic E-state index is 0.